The summed E-state index contributed by atoms with van der Waals surface area (Å²) in [5.74, 6) is -6.69. The van der Waals surface area contributed by atoms with Crippen LogP contribution < -0.4 is 10.2 Å². The zero-order chi connectivity index (χ0) is 29.1. The van der Waals surface area contributed by atoms with E-state index in [-0.39, 0.29) is 10.4 Å². The van der Waals surface area contributed by atoms with Gasteiger partial charge in [0.05, 0.1) is 30.1 Å². The van der Waals surface area contributed by atoms with Crippen molar-refractivity contribution < 1.29 is 33.8 Å². The van der Waals surface area contributed by atoms with Gasteiger partial charge >= 0.3 is 5.97 Å². The number of ether oxygens (including phenoxy) is 2. The molecule has 0 unspecified atom stereocenters. The minimum atomic E-state index is -2.34. The average molecular weight is 704 g/mol. The van der Waals surface area contributed by atoms with E-state index in [9.17, 15) is 24.3 Å². The SMILES string of the molecule is Cc1cc2c(s1)C(=O)[C@@]1(O[C@@H](c3ccc(Br)c(Br)c3)[C@@H](C(=O)Nc3ccc(N4CCOCC4)cc3)[C@H]1C(=O)O)C2=O. The molecule has 0 radical (unpaired) electrons. The molecule has 0 bridgehead atoms. The number of fused-ring (bicyclic) bond motifs is 1. The second-order valence-electron chi connectivity index (χ2n) is 10.2. The number of aryl methyl sites for hydroxylation is 1. The average Bonchev–Trinajstić information content (AvgIpc) is 3.59. The van der Waals surface area contributed by atoms with E-state index < -0.39 is 47.0 Å². The Hall–Kier alpha value is -2.90. The number of Topliss-reactive ketones (excluding diaryl/α,β-unsaturated/α-hetero) is 2. The molecule has 41 heavy (non-hydrogen) atoms. The van der Waals surface area contributed by atoms with Crippen molar-refractivity contribution in [1.82, 2.24) is 0 Å². The van der Waals surface area contributed by atoms with Gasteiger partial charge in [0.15, 0.2) is 0 Å². The molecule has 1 aliphatic carbocycles. The molecular weight excluding hydrogens is 680 g/mol. The van der Waals surface area contributed by atoms with Crippen molar-refractivity contribution in [3.05, 3.63) is 78.4 Å². The summed E-state index contributed by atoms with van der Waals surface area (Å²) in [6, 6.07) is 13.9. The van der Waals surface area contributed by atoms with Crippen LogP contribution in [0.15, 0.2) is 57.5 Å². The number of carboxylic acids is 1. The van der Waals surface area contributed by atoms with Crippen LogP contribution in [0, 0.1) is 18.8 Å². The lowest BCUT2D eigenvalue weighted by Gasteiger charge is -2.29. The fraction of sp³-hybridized carbons (Fsp3) is 0.310. The Morgan fingerprint density at radius 3 is 2.37 bits per heavy atom. The first-order chi connectivity index (χ1) is 19.6. The van der Waals surface area contributed by atoms with E-state index in [2.05, 4.69) is 42.1 Å². The van der Waals surface area contributed by atoms with E-state index in [0.717, 1.165) is 39.5 Å². The van der Waals surface area contributed by atoms with Crippen molar-refractivity contribution in [3.63, 3.8) is 0 Å². The van der Waals surface area contributed by atoms with Gasteiger partial charge in [-0.15, -0.1) is 11.3 Å². The van der Waals surface area contributed by atoms with Gasteiger partial charge in [-0.3, -0.25) is 19.2 Å². The van der Waals surface area contributed by atoms with Gasteiger partial charge in [-0.25, -0.2) is 0 Å². The minimum Gasteiger partial charge on any atom is -0.481 e. The molecule has 2 saturated heterocycles. The van der Waals surface area contributed by atoms with E-state index in [1.54, 1.807) is 43.3 Å². The Balaban J connectivity index is 1.38. The van der Waals surface area contributed by atoms with Gasteiger partial charge in [-0.05, 0) is 86.8 Å². The normalized spacial score (nSPS) is 25.5. The molecule has 9 nitrogen and oxygen atoms in total. The van der Waals surface area contributed by atoms with E-state index in [1.807, 2.05) is 12.1 Å². The van der Waals surface area contributed by atoms with E-state index in [1.165, 1.54) is 0 Å². The highest BCUT2D eigenvalue weighted by atomic mass is 79.9. The quantitative estimate of drug-likeness (QED) is 0.345. The number of anilines is 2. The fourth-order valence-electron chi connectivity index (χ4n) is 5.87. The van der Waals surface area contributed by atoms with Crippen LogP contribution in [0.4, 0.5) is 11.4 Å². The van der Waals surface area contributed by atoms with Crippen molar-refractivity contribution in [2.24, 2.45) is 11.8 Å². The summed E-state index contributed by atoms with van der Waals surface area (Å²) >= 11 is 7.99. The summed E-state index contributed by atoms with van der Waals surface area (Å²) < 4.78 is 13.0. The Bertz CT molecular complexity index is 1550. The monoisotopic (exact) mass is 702 g/mol. The number of halogens is 2. The first-order valence-corrected chi connectivity index (χ1v) is 15.3. The smallest absolute Gasteiger partial charge is 0.311 e. The van der Waals surface area contributed by atoms with Crippen molar-refractivity contribution in [2.75, 3.05) is 36.5 Å². The number of benzene rings is 2. The van der Waals surface area contributed by atoms with Gasteiger partial charge in [-0.2, -0.15) is 0 Å². The molecule has 3 aliphatic rings. The number of thiophene rings is 1. The molecular formula is C29H24Br2N2O7S. The lowest BCUT2D eigenvalue weighted by Crippen LogP contribution is -2.52. The topological polar surface area (TPSA) is 122 Å². The molecule has 2 aliphatic heterocycles. The van der Waals surface area contributed by atoms with Crippen LogP contribution in [0.3, 0.4) is 0 Å². The van der Waals surface area contributed by atoms with Crippen LogP contribution in [-0.2, 0) is 19.1 Å². The van der Waals surface area contributed by atoms with E-state index in [0.29, 0.717) is 28.9 Å². The van der Waals surface area contributed by atoms with Gasteiger partial charge in [0.25, 0.3) is 0 Å². The second-order valence-corrected chi connectivity index (χ2v) is 13.1. The number of carbonyl (C=O) groups is 4. The summed E-state index contributed by atoms with van der Waals surface area (Å²) in [6.45, 7) is 4.55. The maximum atomic E-state index is 13.9. The molecule has 1 spiro atoms. The van der Waals surface area contributed by atoms with Crippen molar-refractivity contribution in [1.29, 1.82) is 0 Å². The number of aliphatic carboxylic acids is 1. The highest BCUT2D eigenvalue weighted by Crippen LogP contribution is 2.55. The number of nitrogens with one attached hydrogen (secondary N) is 1. The molecule has 2 aromatic carbocycles. The lowest BCUT2D eigenvalue weighted by molar-refractivity contribution is -0.147. The molecule has 3 heterocycles. The molecule has 1 aromatic heterocycles. The van der Waals surface area contributed by atoms with Crippen molar-refractivity contribution in [2.45, 2.75) is 18.6 Å². The molecule has 3 aromatic rings. The summed E-state index contributed by atoms with van der Waals surface area (Å²) in [5, 5.41) is 13.3. The third kappa shape index (κ3) is 4.65. The van der Waals surface area contributed by atoms with Crippen molar-refractivity contribution >= 4 is 78.0 Å². The third-order valence-electron chi connectivity index (χ3n) is 7.77. The van der Waals surface area contributed by atoms with Crippen LogP contribution >= 0.6 is 43.2 Å². The van der Waals surface area contributed by atoms with Gasteiger partial charge in [0, 0.05) is 43.9 Å². The number of amides is 1. The minimum absolute atomic E-state index is 0.138. The molecule has 12 heteroatoms. The van der Waals surface area contributed by atoms with Gasteiger partial charge in [0.2, 0.25) is 23.1 Å². The summed E-state index contributed by atoms with van der Waals surface area (Å²) in [7, 11) is 0. The maximum Gasteiger partial charge on any atom is 0.311 e. The predicted molar refractivity (Wildman–Crippen MR) is 159 cm³/mol. The Morgan fingerprint density at radius 2 is 1.73 bits per heavy atom. The largest absolute Gasteiger partial charge is 0.481 e. The number of ketones is 2. The number of rotatable bonds is 5. The zero-order valence-electron chi connectivity index (χ0n) is 21.7. The number of morpholine rings is 1. The van der Waals surface area contributed by atoms with Gasteiger partial charge in [0.1, 0.15) is 5.92 Å². The van der Waals surface area contributed by atoms with Gasteiger partial charge < -0.3 is 24.8 Å². The first-order valence-electron chi connectivity index (χ1n) is 12.9. The highest BCUT2D eigenvalue weighted by molar-refractivity contribution is 9.13. The van der Waals surface area contributed by atoms with Crippen LogP contribution in [0.25, 0.3) is 0 Å². The summed E-state index contributed by atoms with van der Waals surface area (Å²) in [4.78, 5) is 57.5. The number of hydrogen-bond acceptors (Lipinski definition) is 8. The Kier molecular flexibility index (Phi) is 7.39. The van der Waals surface area contributed by atoms with E-state index >= 15 is 0 Å². The molecule has 2 fully saturated rings. The molecule has 6 rings (SSSR count). The standard InChI is InChI=1S/C29H24Br2N2O7S/c1-14-12-18-24(41-14)26(35)29(25(18)34)22(28(37)38)21(23(40-29)15-2-7-19(30)20(31)13-15)27(36)32-16-3-5-17(6-4-16)33-8-10-39-11-9-33/h2-7,12-13,21-23H,8-11H2,1H3,(H,32,36)(H,37,38)/t21-,22-,23-,29-/m0/s1. The van der Waals surface area contributed by atoms with Crippen molar-refractivity contribution in [3.8, 4) is 0 Å². The third-order valence-corrected chi connectivity index (χ3v) is 10.7. The van der Waals surface area contributed by atoms with Crippen LogP contribution in [0.2, 0.25) is 0 Å². The second kappa shape index (κ2) is 10.7. The molecule has 2 N–H and O–H groups in total. The number of nitrogens with zero attached hydrogens (tertiary/aromatic N) is 1. The van der Waals surface area contributed by atoms with Crippen LogP contribution in [0.1, 0.15) is 36.6 Å². The molecule has 1 amide bonds. The molecule has 4 atom stereocenters. The highest BCUT2D eigenvalue weighted by Gasteiger charge is 2.71. The summed E-state index contributed by atoms with van der Waals surface area (Å²) in [6.07, 6.45) is -1.18. The van der Waals surface area contributed by atoms with Crippen LogP contribution in [0.5, 0.6) is 0 Å². The molecule has 0 saturated carbocycles. The maximum absolute atomic E-state index is 13.9. The number of carboxylic acid groups (broad SMARTS) is 1. The summed E-state index contributed by atoms with van der Waals surface area (Å²) in [5.41, 5.74) is -0.324. The number of hydrogen-bond donors (Lipinski definition) is 2. The fourth-order valence-corrected chi connectivity index (χ4v) is 7.52. The van der Waals surface area contributed by atoms with Gasteiger partial charge in [-0.1, -0.05) is 6.07 Å². The van der Waals surface area contributed by atoms with Crippen LogP contribution in [-0.4, -0.2) is 60.5 Å². The van der Waals surface area contributed by atoms with E-state index in [4.69, 9.17) is 9.47 Å². The molecule has 212 valence electrons. The lowest BCUT2D eigenvalue weighted by atomic mass is 9.75. The Labute approximate surface area is 256 Å². The first kappa shape index (κ1) is 28.2. The zero-order valence-corrected chi connectivity index (χ0v) is 25.7. The number of carbonyl (C=O) groups excluding carboxylic acids is 3. The predicted octanol–water partition coefficient (Wildman–Crippen LogP) is 5.26. The Morgan fingerprint density at radius 1 is 1.02 bits per heavy atom.